The SMILES string of the molecule is C/C(COc1ccc(Cl)cc1)=N\O. The van der Waals surface area contributed by atoms with Gasteiger partial charge in [0.25, 0.3) is 0 Å². The Kier molecular flexibility index (Phi) is 3.58. The summed E-state index contributed by atoms with van der Waals surface area (Å²) in [6.45, 7) is 1.95. The summed E-state index contributed by atoms with van der Waals surface area (Å²) in [7, 11) is 0. The predicted octanol–water partition coefficient (Wildman–Crippen LogP) is 2.57. The van der Waals surface area contributed by atoms with Crippen LogP contribution in [0.2, 0.25) is 5.02 Å². The van der Waals surface area contributed by atoms with E-state index in [0.29, 0.717) is 16.5 Å². The fourth-order valence-corrected chi connectivity index (χ4v) is 0.873. The molecule has 70 valence electrons. The van der Waals surface area contributed by atoms with Crippen LogP contribution < -0.4 is 4.74 Å². The fraction of sp³-hybridized carbons (Fsp3) is 0.222. The molecule has 3 nitrogen and oxygen atoms in total. The molecule has 0 aliphatic rings. The highest BCUT2D eigenvalue weighted by Crippen LogP contribution is 2.15. The van der Waals surface area contributed by atoms with Gasteiger partial charge in [0.1, 0.15) is 12.4 Å². The quantitative estimate of drug-likeness (QED) is 0.462. The Morgan fingerprint density at radius 3 is 2.62 bits per heavy atom. The Morgan fingerprint density at radius 1 is 1.46 bits per heavy atom. The van der Waals surface area contributed by atoms with Crippen LogP contribution in [0.3, 0.4) is 0 Å². The topological polar surface area (TPSA) is 41.8 Å². The van der Waals surface area contributed by atoms with Gasteiger partial charge in [0, 0.05) is 5.02 Å². The first-order valence-electron chi connectivity index (χ1n) is 3.78. The van der Waals surface area contributed by atoms with Gasteiger partial charge in [0.15, 0.2) is 0 Å². The minimum Gasteiger partial charge on any atom is -0.488 e. The third kappa shape index (κ3) is 3.34. The van der Waals surface area contributed by atoms with E-state index in [9.17, 15) is 0 Å². The lowest BCUT2D eigenvalue weighted by Crippen LogP contribution is -2.07. The van der Waals surface area contributed by atoms with Crippen LogP contribution in [0, 0.1) is 0 Å². The van der Waals surface area contributed by atoms with E-state index in [2.05, 4.69) is 5.16 Å². The van der Waals surface area contributed by atoms with Crippen LogP contribution in [0.1, 0.15) is 6.92 Å². The summed E-state index contributed by atoms with van der Waals surface area (Å²) in [6.07, 6.45) is 0. The van der Waals surface area contributed by atoms with Crippen molar-refractivity contribution >= 4 is 17.3 Å². The highest BCUT2D eigenvalue weighted by molar-refractivity contribution is 6.30. The van der Waals surface area contributed by atoms with Gasteiger partial charge in [0.2, 0.25) is 0 Å². The molecule has 0 spiro atoms. The summed E-state index contributed by atoms with van der Waals surface area (Å²) >= 11 is 5.68. The third-order valence-corrected chi connectivity index (χ3v) is 1.68. The van der Waals surface area contributed by atoms with Crippen molar-refractivity contribution in [3.05, 3.63) is 29.3 Å². The van der Waals surface area contributed by atoms with E-state index in [0.717, 1.165) is 0 Å². The standard InChI is InChI=1S/C9H10ClNO2/c1-7(11-12)6-13-9-4-2-8(10)3-5-9/h2-5,12H,6H2,1H3/b11-7+. The normalized spacial score (nSPS) is 11.4. The largest absolute Gasteiger partial charge is 0.488 e. The molecule has 1 rings (SSSR count). The van der Waals surface area contributed by atoms with Crippen LogP contribution in [-0.2, 0) is 0 Å². The van der Waals surface area contributed by atoms with E-state index in [1.54, 1.807) is 31.2 Å². The molecular weight excluding hydrogens is 190 g/mol. The number of hydrogen-bond acceptors (Lipinski definition) is 3. The second kappa shape index (κ2) is 4.72. The lowest BCUT2D eigenvalue weighted by molar-refractivity contribution is 0.307. The number of ether oxygens (including phenoxy) is 1. The summed E-state index contributed by atoms with van der Waals surface area (Å²) in [5.74, 6) is 0.701. The van der Waals surface area contributed by atoms with Gasteiger partial charge < -0.3 is 9.94 Å². The van der Waals surface area contributed by atoms with Gasteiger partial charge in [-0.05, 0) is 31.2 Å². The van der Waals surface area contributed by atoms with Crippen molar-refractivity contribution in [2.45, 2.75) is 6.92 Å². The van der Waals surface area contributed by atoms with Gasteiger partial charge in [-0.25, -0.2) is 0 Å². The van der Waals surface area contributed by atoms with Crippen LogP contribution in [0.15, 0.2) is 29.4 Å². The van der Waals surface area contributed by atoms with Crippen molar-refractivity contribution in [1.82, 2.24) is 0 Å². The molecule has 0 radical (unpaired) electrons. The second-order valence-corrected chi connectivity index (χ2v) is 3.01. The molecule has 0 saturated carbocycles. The summed E-state index contributed by atoms with van der Waals surface area (Å²) in [4.78, 5) is 0. The molecule has 1 N–H and O–H groups in total. The predicted molar refractivity (Wildman–Crippen MR) is 51.8 cm³/mol. The maximum atomic E-state index is 8.34. The Morgan fingerprint density at radius 2 is 2.08 bits per heavy atom. The molecule has 1 aromatic carbocycles. The molecule has 0 aromatic heterocycles. The van der Waals surface area contributed by atoms with Crippen molar-refractivity contribution in [3.8, 4) is 5.75 Å². The van der Waals surface area contributed by atoms with Gasteiger partial charge in [-0.1, -0.05) is 16.8 Å². The zero-order valence-corrected chi connectivity index (χ0v) is 7.95. The molecule has 1 aromatic rings. The van der Waals surface area contributed by atoms with Gasteiger partial charge >= 0.3 is 0 Å². The van der Waals surface area contributed by atoms with Crippen LogP contribution in [0.25, 0.3) is 0 Å². The summed E-state index contributed by atoms with van der Waals surface area (Å²) in [5.41, 5.74) is 0.523. The van der Waals surface area contributed by atoms with E-state index in [4.69, 9.17) is 21.5 Å². The molecule has 0 aliphatic heterocycles. The number of benzene rings is 1. The van der Waals surface area contributed by atoms with Crippen LogP contribution in [0.4, 0.5) is 0 Å². The maximum Gasteiger partial charge on any atom is 0.129 e. The average molecular weight is 200 g/mol. The monoisotopic (exact) mass is 199 g/mol. The minimum atomic E-state index is 0.276. The Labute approximate surface area is 81.6 Å². The highest BCUT2D eigenvalue weighted by atomic mass is 35.5. The summed E-state index contributed by atoms with van der Waals surface area (Å²) in [5, 5.41) is 12.0. The van der Waals surface area contributed by atoms with Gasteiger partial charge in [-0.15, -0.1) is 0 Å². The van der Waals surface area contributed by atoms with Crippen molar-refractivity contribution in [2.24, 2.45) is 5.16 Å². The van der Waals surface area contributed by atoms with Crippen molar-refractivity contribution in [2.75, 3.05) is 6.61 Å². The fourth-order valence-electron chi connectivity index (χ4n) is 0.747. The lowest BCUT2D eigenvalue weighted by atomic mass is 10.3. The Bertz CT molecular complexity index is 295. The Balaban J connectivity index is 2.51. The summed E-state index contributed by atoms with van der Waals surface area (Å²) < 4.78 is 5.26. The number of rotatable bonds is 3. The molecule has 4 heteroatoms. The van der Waals surface area contributed by atoms with Crippen molar-refractivity contribution in [3.63, 3.8) is 0 Å². The van der Waals surface area contributed by atoms with Crippen molar-refractivity contribution in [1.29, 1.82) is 0 Å². The minimum absolute atomic E-state index is 0.276. The van der Waals surface area contributed by atoms with Crippen LogP contribution >= 0.6 is 11.6 Å². The number of nitrogens with zero attached hydrogens (tertiary/aromatic N) is 1. The van der Waals surface area contributed by atoms with Crippen LogP contribution in [-0.4, -0.2) is 17.5 Å². The van der Waals surface area contributed by atoms with E-state index in [1.807, 2.05) is 0 Å². The molecule has 13 heavy (non-hydrogen) atoms. The first-order chi connectivity index (χ1) is 6.22. The molecular formula is C9H10ClNO2. The molecule has 0 amide bonds. The lowest BCUT2D eigenvalue weighted by Gasteiger charge is -2.03. The zero-order chi connectivity index (χ0) is 9.68. The third-order valence-electron chi connectivity index (χ3n) is 1.43. The van der Waals surface area contributed by atoms with E-state index < -0.39 is 0 Å². The molecule has 0 atom stereocenters. The summed E-state index contributed by atoms with van der Waals surface area (Å²) in [6, 6.07) is 6.99. The molecule has 0 bridgehead atoms. The molecule has 0 aliphatic carbocycles. The van der Waals surface area contributed by atoms with Gasteiger partial charge in [-0.3, -0.25) is 0 Å². The first kappa shape index (κ1) is 9.86. The highest BCUT2D eigenvalue weighted by Gasteiger charge is 1.95. The van der Waals surface area contributed by atoms with Gasteiger partial charge in [-0.2, -0.15) is 0 Å². The molecule has 0 saturated heterocycles. The van der Waals surface area contributed by atoms with Gasteiger partial charge in [0.05, 0.1) is 5.71 Å². The smallest absolute Gasteiger partial charge is 0.129 e. The Hall–Kier alpha value is -1.22. The van der Waals surface area contributed by atoms with Crippen molar-refractivity contribution < 1.29 is 9.94 Å². The zero-order valence-electron chi connectivity index (χ0n) is 7.20. The molecule has 0 unspecified atom stereocenters. The van der Waals surface area contributed by atoms with E-state index in [1.165, 1.54) is 0 Å². The van der Waals surface area contributed by atoms with E-state index >= 15 is 0 Å². The number of oxime groups is 1. The molecule has 0 heterocycles. The number of hydrogen-bond donors (Lipinski definition) is 1. The van der Waals surface area contributed by atoms with E-state index in [-0.39, 0.29) is 6.61 Å². The molecule has 0 fully saturated rings. The number of halogens is 1. The first-order valence-corrected chi connectivity index (χ1v) is 4.16. The second-order valence-electron chi connectivity index (χ2n) is 2.58. The maximum absolute atomic E-state index is 8.34. The average Bonchev–Trinajstić information content (AvgIpc) is 2.16. The van der Waals surface area contributed by atoms with Crippen LogP contribution in [0.5, 0.6) is 5.75 Å².